The van der Waals surface area contributed by atoms with E-state index in [0.29, 0.717) is 4.88 Å². The van der Waals surface area contributed by atoms with Gasteiger partial charge in [-0.1, -0.05) is 18.2 Å². The minimum absolute atomic E-state index is 0.175. The zero-order valence-corrected chi connectivity index (χ0v) is 9.34. The Bertz CT molecular complexity index is 550. The topological polar surface area (TPSA) is 37.3 Å². The Morgan fingerprint density at radius 3 is 2.69 bits per heavy atom. The fourth-order valence-corrected chi connectivity index (χ4v) is 2.49. The summed E-state index contributed by atoms with van der Waals surface area (Å²) in [6.45, 7) is 1.48. The number of hydrogen-bond donors (Lipinski definition) is 1. The van der Waals surface area contributed by atoms with Crippen molar-refractivity contribution < 1.29 is 14.3 Å². The van der Waals surface area contributed by atoms with Crippen LogP contribution in [0.5, 0.6) is 0 Å². The number of thiophene rings is 1. The van der Waals surface area contributed by atoms with E-state index in [2.05, 4.69) is 0 Å². The number of rotatable bonds is 2. The monoisotopic (exact) mass is 236 g/mol. The van der Waals surface area contributed by atoms with E-state index in [1.807, 2.05) is 24.3 Å². The van der Waals surface area contributed by atoms with Crippen LogP contribution in [-0.4, -0.2) is 11.1 Å². The van der Waals surface area contributed by atoms with Gasteiger partial charge >= 0.3 is 5.97 Å². The van der Waals surface area contributed by atoms with Crippen molar-refractivity contribution in [2.45, 2.75) is 6.92 Å². The number of benzene rings is 1. The van der Waals surface area contributed by atoms with Crippen LogP contribution in [0.2, 0.25) is 0 Å². The van der Waals surface area contributed by atoms with Gasteiger partial charge in [0.25, 0.3) is 0 Å². The normalized spacial score (nSPS) is 12.6. The minimum Gasteiger partial charge on any atom is -0.476 e. The van der Waals surface area contributed by atoms with E-state index in [0.717, 1.165) is 10.1 Å². The molecule has 1 aromatic carbocycles. The largest absolute Gasteiger partial charge is 0.476 e. The summed E-state index contributed by atoms with van der Waals surface area (Å²) >= 11 is 1.39. The Kier molecular flexibility index (Phi) is 2.75. The number of fused-ring (bicyclic) bond motifs is 1. The predicted octanol–water partition coefficient (Wildman–Crippen LogP) is 3.69. The number of carbonyl (C=O) groups is 1. The van der Waals surface area contributed by atoms with Crippen molar-refractivity contribution in [1.82, 2.24) is 0 Å². The fraction of sp³-hybridized carbons (Fsp3) is 0.0833. The zero-order valence-electron chi connectivity index (χ0n) is 8.53. The van der Waals surface area contributed by atoms with Gasteiger partial charge in [-0.05, 0) is 24.4 Å². The molecule has 0 bridgehead atoms. The summed E-state index contributed by atoms with van der Waals surface area (Å²) in [5.41, 5.74) is 0.175. The first-order chi connectivity index (χ1) is 7.59. The van der Waals surface area contributed by atoms with Crippen molar-refractivity contribution in [2.24, 2.45) is 0 Å². The van der Waals surface area contributed by atoms with E-state index in [1.165, 1.54) is 18.3 Å². The first kappa shape index (κ1) is 10.8. The van der Waals surface area contributed by atoms with E-state index >= 15 is 0 Å². The Morgan fingerprint density at radius 1 is 1.38 bits per heavy atom. The maximum absolute atomic E-state index is 13.2. The summed E-state index contributed by atoms with van der Waals surface area (Å²) < 4.78 is 14.2. The Hall–Kier alpha value is -1.68. The summed E-state index contributed by atoms with van der Waals surface area (Å²) in [6, 6.07) is 9.44. The maximum atomic E-state index is 13.2. The molecule has 2 rings (SSSR count). The van der Waals surface area contributed by atoms with Gasteiger partial charge in [-0.15, -0.1) is 11.3 Å². The number of carboxylic acids is 1. The van der Waals surface area contributed by atoms with Crippen molar-refractivity contribution in [3.05, 3.63) is 41.0 Å². The summed E-state index contributed by atoms with van der Waals surface area (Å²) in [6.07, 6.45) is 0. The highest BCUT2D eigenvalue weighted by atomic mass is 32.1. The number of halogens is 1. The van der Waals surface area contributed by atoms with Gasteiger partial charge in [0.05, 0.1) is 0 Å². The van der Waals surface area contributed by atoms with Crippen LogP contribution in [0, 0.1) is 0 Å². The molecule has 0 aliphatic heterocycles. The lowest BCUT2D eigenvalue weighted by molar-refractivity contribution is -0.134. The van der Waals surface area contributed by atoms with Crippen LogP contribution in [0.25, 0.3) is 15.7 Å². The Labute approximate surface area is 95.6 Å². The molecule has 0 aliphatic carbocycles. The van der Waals surface area contributed by atoms with Gasteiger partial charge in [0, 0.05) is 15.2 Å². The van der Waals surface area contributed by atoms with Crippen LogP contribution >= 0.6 is 11.3 Å². The lowest BCUT2D eigenvalue weighted by atomic mass is 10.2. The second-order valence-electron chi connectivity index (χ2n) is 3.39. The lowest BCUT2D eigenvalue weighted by Crippen LogP contribution is -1.96. The van der Waals surface area contributed by atoms with Crippen molar-refractivity contribution in [3.8, 4) is 0 Å². The standard InChI is InChI=1S/C12H9FO2S/c1-7(11(13)12(14)15)10-6-8-4-2-3-5-9(8)16-10/h2-6H,1H3,(H,14,15)/b11-7-. The molecule has 1 aromatic heterocycles. The zero-order chi connectivity index (χ0) is 11.7. The number of aliphatic carboxylic acids is 1. The smallest absolute Gasteiger partial charge is 0.365 e. The molecule has 2 nitrogen and oxygen atoms in total. The molecule has 0 saturated carbocycles. The average Bonchev–Trinajstić information content (AvgIpc) is 2.70. The number of carboxylic acid groups (broad SMARTS) is 1. The van der Waals surface area contributed by atoms with Crippen LogP contribution in [-0.2, 0) is 4.79 Å². The van der Waals surface area contributed by atoms with Gasteiger partial charge < -0.3 is 5.11 Å². The quantitative estimate of drug-likeness (QED) is 0.807. The molecule has 0 saturated heterocycles. The highest BCUT2D eigenvalue weighted by molar-refractivity contribution is 7.20. The van der Waals surface area contributed by atoms with Gasteiger partial charge in [-0.3, -0.25) is 0 Å². The third-order valence-electron chi connectivity index (χ3n) is 2.31. The van der Waals surface area contributed by atoms with Crippen LogP contribution in [0.15, 0.2) is 36.2 Å². The first-order valence-corrected chi connectivity index (χ1v) is 5.50. The van der Waals surface area contributed by atoms with Gasteiger partial charge in [-0.2, -0.15) is 4.39 Å². The molecule has 0 radical (unpaired) electrons. The minimum atomic E-state index is -1.52. The SMILES string of the molecule is C/C(=C(/F)C(=O)O)c1cc2ccccc2s1. The summed E-state index contributed by atoms with van der Waals surface area (Å²) in [7, 11) is 0. The molecule has 1 N–H and O–H groups in total. The van der Waals surface area contributed by atoms with Crippen molar-refractivity contribution in [2.75, 3.05) is 0 Å². The average molecular weight is 236 g/mol. The van der Waals surface area contributed by atoms with Gasteiger partial charge in [0.15, 0.2) is 0 Å². The van der Waals surface area contributed by atoms with Crippen LogP contribution < -0.4 is 0 Å². The summed E-state index contributed by atoms with van der Waals surface area (Å²) in [4.78, 5) is 11.2. The van der Waals surface area contributed by atoms with Crippen LogP contribution in [0.1, 0.15) is 11.8 Å². The molecule has 0 atom stereocenters. The van der Waals surface area contributed by atoms with Crippen LogP contribution in [0.3, 0.4) is 0 Å². The molecule has 16 heavy (non-hydrogen) atoms. The maximum Gasteiger partial charge on any atom is 0.365 e. The molecule has 0 spiro atoms. The van der Waals surface area contributed by atoms with Crippen LogP contribution in [0.4, 0.5) is 4.39 Å². The molecular weight excluding hydrogens is 227 g/mol. The number of hydrogen-bond acceptors (Lipinski definition) is 2. The van der Waals surface area contributed by atoms with Gasteiger partial charge in [-0.25, -0.2) is 4.79 Å². The summed E-state index contributed by atoms with van der Waals surface area (Å²) in [5, 5.41) is 9.56. The third kappa shape index (κ3) is 1.84. The Morgan fingerprint density at radius 2 is 2.06 bits per heavy atom. The summed E-state index contributed by atoms with van der Waals surface area (Å²) in [5.74, 6) is -2.61. The highest BCUT2D eigenvalue weighted by Gasteiger charge is 2.13. The Balaban J connectivity index is 2.56. The molecule has 1 heterocycles. The first-order valence-electron chi connectivity index (χ1n) is 4.68. The highest BCUT2D eigenvalue weighted by Crippen LogP contribution is 2.31. The second-order valence-corrected chi connectivity index (χ2v) is 4.48. The second kappa shape index (κ2) is 4.06. The molecule has 82 valence electrons. The van der Waals surface area contributed by atoms with E-state index in [-0.39, 0.29) is 5.57 Å². The molecule has 2 aromatic rings. The van der Waals surface area contributed by atoms with E-state index in [9.17, 15) is 9.18 Å². The molecule has 0 unspecified atom stereocenters. The molecule has 0 aliphatic rings. The number of allylic oxidation sites excluding steroid dienone is 1. The van der Waals surface area contributed by atoms with Crippen molar-refractivity contribution in [1.29, 1.82) is 0 Å². The fourth-order valence-electron chi connectivity index (χ4n) is 1.44. The predicted molar refractivity (Wildman–Crippen MR) is 63.2 cm³/mol. The molecule has 0 fully saturated rings. The van der Waals surface area contributed by atoms with Gasteiger partial charge in [0.1, 0.15) is 0 Å². The lowest BCUT2D eigenvalue weighted by Gasteiger charge is -1.96. The van der Waals surface area contributed by atoms with Gasteiger partial charge in [0.2, 0.25) is 5.83 Å². The van der Waals surface area contributed by atoms with Crippen molar-refractivity contribution >= 4 is 33.0 Å². The third-order valence-corrected chi connectivity index (χ3v) is 3.55. The van der Waals surface area contributed by atoms with Crippen molar-refractivity contribution in [3.63, 3.8) is 0 Å². The molecular formula is C12H9FO2S. The van der Waals surface area contributed by atoms with E-state index in [4.69, 9.17) is 5.11 Å². The molecule has 0 amide bonds. The van der Waals surface area contributed by atoms with E-state index in [1.54, 1.807) is 6.07 Å². The van der Waals surface area contributed by atoms with E-state index < -0.39 is 11.8 Å². The molecule has 4 heteroatoms.